The molecule has 176 valence electrons. The molecule has 0 unspecified atom stereocenters. The van der Waals surface area contributed by atoms with E-state index in [0.717, 1.165) is 51.6 Å². The third-order valence-corrected chi connectivity index (χ3v) is 9.08. The van der Waals surface area contributed by atoms with Crippen LogP contribution >= 0.6 is 39.0 Å². The SMILES string of the molecule is Cc1cccc(-n2c(=O)c3c4c(sc3n3c(SCC(=O)c5ccc(Br)cc5)nnc23)CCCC4)c1. The van der Waals surface area contributed by atoms with Crippen molar-refractivity contribution in [2.24, 2.45) is 0 Å². The topological polar surface area (TPSA) is 69.3 Å². The summed E-state index contributed by atoms with van der Waals surface area (Å²) in [5.41, 5.74) is 3.61. The fourth-order valence-corrected chi connectivity index (χ4v) is 7.19. The average Bonchev–Trinajstić information content (AvgIpc) is 3.45. The molecular formula is C26H21BrN4O2S2. The Balaban J connectivity index is 1.52. The van der Waals surface area contributed by atoms with E-state index in [2.05, 4.69) is 26.1 Å². The van der Waals surface area contributed by atoms with E-state index in [-0.39, 0.29) is 17.1 Å². The Hall–Kier alpha value is -2.75. The van der Waals surface area contributed by atoms with Gasteiger partial charge in [-0.2, -0.15) is 0 Å². The van der Waals surface area contributed by atoms with Crippen molar-refractivity contribution < 1.29 is 4.79 Å². The predicted octanol–water partition coefficient (Wildman–Crippen LogP) is 6.02. The highest BCUT2D eigenvalue weighted by Crippen LogP contribution is 2.36. The molecule has 2 aromatic carbocycles. The van der Waals surface area contributed by atoms with E-state index >= 15 is 0 Å². The van der Waals surface area contributed by atoms with Crippen molar-refractivity contribution in [3.8, 4) is 5.69 Å². The van der Waals surface area contributed by atoms with Crippen LogP contribution in [0.1, 0.15) is 39.2 Å². The maximum atomic E-state index is 13.9. The van der Waals surface area contributed by atoms with Gasteiger partial charge >= 0.3 is 0 Å². The molecule has 0 amide bonds. The monoisotopic (exact) mass is 564 g/mol. The van der Waals surface area contributed by atoms with Crippen LogP contribution in [0, 0.1) is 6.92 Å². The molecule has 0 atom stereocenters. The molecule has 0 bridgehead atoms. The van der Waals surface area contributed by atoms with E-state index in [1.165, 1.54) is 22.2 Å². The minimum Gasteiger partial charge on any atom is -0.293 e. The number of rotatable bonds is 5. The van der Waals surface area contributed by atoms with Gasteiger partial charge in [0.05, 0.1) is 16.8 Å². The van der Waals surface area contributed by atoms with Gasteiger partial charge in [0.15, 0.2) is 10.9 Å². The summed E-state index contributed by atoms with van der Waals surface area (Å²) in [6.07, 6.45) is 4.13. The Morgan fingerprint density at radius 3 is 2.71 bits per heavy atom. The number of aromatic nitrogens is 4. The predicted molar refractivity (Wildman–Crippen MR) is 145 cm³/mol. The molecule has 35 heavy (non-hydrogen) atoms. The van der Waals surface area contributed by atoms with Gasteiger partial charge in [-0.15, -0.1) is 21.5 Å². The fraction of sp³-hybridized carbons (Fsp3) is 0.231. The quantitative estimate of drug-likeness (QED) is 0.193. The molecule has 0 N–H and O–H groups in total. The number of halogens is 1. The molecule has 6 rings (SSSR count). The number of nitrogens with zero attached hydrogens (tertiary/aromatic N) is 4. The van der Waals surface area contributed by atoms with Crippen LogP contribution in [0.3, 0.4) is 0 Å². The highest BCUT2D eigenvalue weighted by molar-refractivity contribution is 9.10. The molecular weight excluding hydrogens is 544 g/mol. The first-order chi connectivity index (χ1) is 17.0. The van der Waals surface area contributed by atoms with Crippen molar-refractivity contribution in [2.75, 3.05) is 5.75 Å². The Labute approximate surface area is 218 Å². The first-order valence-corrected chi connectivity index (χ1v) is 14.0. The van der Waals surface area contributed by atoms with E-state index in [0.29, 0.717) is 16.5 Å². The summed E-state index contributed by atoms with van der Waals surface area (Å²) < 4.78 is 4.58. The highest BCUT2D eigenvalue weighted by atomic mass is 79.9. The molecule has 0 spiro atoms. The first kappa shape index (κ1) is 22.7. The lowest BCUT2D eigenvalue weighted by Gasteiger charge is -2.12. The standard InChI is InChI=1S/C26H21BrN4O2S2/c1-15-5-4-6-18(13-15)30-23(33)22-19-7-2-3-8-21(19)35-24(22)31-25(30)28-29-26(31)34-14-20(32)16-9-11-17(27)12-10-16/h4-6,9-13H,2-3,7-8,14H2,1H3. The molecule has 3 aromatic heterocycles. The second-order valence-corrected chi connectivity index (χ2v) is 11.6. The normalized spacial score (nSPS) is 13.4. The summed E-state index contributed by atoms with van der Waals surface area (Å²) in [7, 11) is 0. The van der Waals surface area contributed by atoms with Crippen molar-refractivity contribution in [1.29, 1.82) is 0 Å². The molecule has 0 aliphatic heterocycles. The van der Waals surface area contributed by atoms with E-state index in [9.17, 15) is 9.59 Å². The maximum Gasteiger partial charge on any atom is 0.268 e. The zero-order valence-corrected chi connectivity index (χ0v) is 22.2. The number of aryl methyl sites for hydroxylation is 3. The Morgan fingerprint density at radius 2 is 1.91 bits per heavy atom. The number of hydrogen-bond acceptors (Lipinski definition) is 6. The number of thiophene rings is 1. The second kappa shape index (κ2) is 9.04. The molecule has 9 heteroatoms. The van der Waals surface area contributed by atoms with Crippen LogP contribution in [0.25, 0.3) is 21.7 Å². The van der Waals surface area contributed by atoms with Gasteiger partial charge in [-0.3, -0.25) is 9.59 Å². The van der Waals surface area contributed by atoms with E-state index in [1.54, 1.807) is 15.9 Å². The number of Topliss-reactive ketones (excluding diaryl/α,β-unsaturated/α-hetero) is 1. The van der Waals surface area contributed by atoms with Gasteiger partial charge in [-0.1, -0.05) is 52.0 Å². The zero-order chi connectivity index (χ0) is 24.1. The van der Waals surface area contributed by atoms with Crippen LogP contribution in [0.4, 0.5) is 0 Å². The van der Waals surface area contributed by atoms with Crippen LogP contribution in [0.15, 0.2) is 63.0 Å². The van der Waals surface area contributed by atoms with E-state index in [4.69, 9.17) is 0 Å². The van der Waals surface area contributed by atoms with Gasteiger partial charge in [0.2, 0.25) is 5.78 Å². The summed E-state index contributed by atoms with van der Waals surface area (Å²) in [5, 5.41) is 10.3. The van der Waals surface area contributed by atoms with Crippen LogP contribution in [-0.4, -0.2) is 30.7 Å². The highest BCUT2D eigenvalue weighted by Gasteiger charge is 2.26. The molecule has 0 radical (unpaired) electrons. The van der Waals surface area contributed by atoms with Gasteiger partial charge in [0.25, 0.3) is 5.56 Å². The van der Waals surface area contributed by atoms with Gasteiger partial charge in [-0.25, -0.2) is 8.97 Å². The number of carbonyl (C=O) groups excluding carboxylic acids is 1. The largest absolute Gasteiger partial charge is 0.293 e. The number of hydrogen-bond donors (Lipinski definition) is 0. The summed E-state index contributed by atoms with van der Waals surface area (Å²) in [5.74, 6) is 0.733. The lowest BCUT2D eigenvalue weighted by molar-refractivity contribution is 0.102. The van der Waals surface area contributed by atoms with Crippen LogP contribution in [0.2, 0.25) is 0 Å². The number of fused-ring (bicyclic) bond motifs is 5. The molecule has 6 nitrogen and oxygen atoms in total. The van der Waals surface area contributed by atoms with Gasteiger partial charge in [-0.05, 0) is 68.0 Å². The van der Waals surface area contributed by atoms with Crippen molar-refractivity contribution in [3.05, 3.63) is 84.9 Å². The van der Waals surface area contributed by atoms with Crippen LogP contribution in [-0.2, 0) is 12.8 Å². The van der Waals surface area contributed by atoms with Crippen LogP contribution in [0.5, 0.6) is 0 Å². The van der Waals surface area contributed by atoms with Gasteiger partial charge < -0.3 is 0 Å². The molecule has 0 saturated carbocycles. The fourth-order valence-electron chi connectivity index (χ4n) is 4.66. The summed E-state index contributed by atoms with van der Waals surface area (Å²) in [6.45, 7) is 2.01. The lowest BCUT2D eigenvalue weighted by atomic mass is 9.97. The third kappa shape index (κ3) is 3.95. The molecule has 1 aliphatic rings. The molecule has 1 aliphatic carbocycles. The minimum atomic E-state index is -0.0487. The summed E-state index contributed by atoms with van der Waals surface area (Å²) >= 11 is 6.43. The Kier molecular flexibility index (Phi) is 5.86. The second-order valence-electron chi connectivity index (χ2n) is 8.71. The van der Waals surface area contributed by atoms with Gasteiger partial charge in [0.1, 0.15) is 4.83 Å². The zero-order valence-electron chi connectivity index (χ0n) is 19.0. The lowest BCUT2D eigenvalue weighted by Crippen LogP contribution is -2.22. The number of thioether (sulfide) groups is 1. The smallest absolute Gasteiger partial charge is 0.268 e. The van der Waals surface area contributed by atoms with Crippen molar-refractivity contribution in [2.45, 2.75) is 37.8 Å². The van der Waals surface area contributed by atoms with Crippen LogP contribution < -0.4 is 5.56 Å². The number of benzene rings is 2. The molecule has 3 heterocycles. The first-order valence-electron chi connectivity index (χ1n) is 11.4. The number of carbonyl (C=O) groups is 1. The Morgan fingerprint density at radius 1 is 1.11 bits per heavy atom. The maximum absolute atomic E-state index is 13.9. The number of ketones is 1. The van der Waals surface area contributed by atoms with E-state index in [1.807, 2.05) is 59.9 Å². The molecule has 0 saturated heterocycles. The van der Waals surface area contributed by atoms with Crippen molar-refractivity contribution in [3.63, 3.8) is 0 Å². The van der Waals surface area contributed by atoms with E-state index < -0.39 is 0 Å². The van der Waals surface area contributed by atoms with Crippen molar-refractivity contribution in [1.82, 2.24) is 19.2 Å². The third-order valence-electron chi connectivity index (χ3n) is 6.35. The average molecular weight is 566 g/mol. The summed E-state index contributed by atoms with van der Waals surface area (Å²) in [6, 6.07) is 15.2. The molecule has 0 fully saturated rings. The minimum absolute atomic E-state index is 0.0213. The molecule has 5 aromatic rings. The van der Waals surface area contributed by atoms with Gasteiger partial charge in [0, 0.05) is 14.9 Å². The van der Waals surface area contributed by atoms with Crippen molar-refractivity contribution >= 4 is 60.8 Å². The Bertz CT molecular complexity index is 1670. The summed E-state index contributed by atoms with van der Waals surface area (Å²) in [4.78, 5) is 28.9.